The molecule has 0 amide bonds. The molecule has 2 aromatic rings. The summed E-state index contributed by atoms with van der Waals surface area (Å²) in [5.41, 5.74) is 0.847. The Morgan fingerprint density at radius 2 is 2.21 bits per heavy atom. The molecule has 0 saturated carbocycles. The topological polar surface area (TPSA) is 65.4 Å². The standard InChI is InChI=1S/C13H13N3O3/c1-16-5-4-14-12(13(16)17)15-7-9-2-3-10-11(6-9)19-8-18-10/h2-6H,7-8H2,1H3,(H,14,15). The van der Waals surface area contributed by atoms with Crippen LogP contribution in [0, 0.1) is 0 Å². The van der Waals surface area contributed by atoms with Gasteiger partial charge in [0.2, 0.25) is 6.79 Å². The molecular weight excluding hydrogens is 246 g/mol. The number of hydrogen-bond donors (Lipinski definition) is 1. The molecule has 19 heavy (non-hydrogen) atoms. The van der Waals surface area contributed by atoms with Gasteiger partial charge in [0.15, 0.2) is 17.3 Å². The number of benzene rings is 1. The van der Waals surface area contributed by atoms with Crippen molar-refractivity contribution in [2.45, 2.75) is 6.54 Å². The lowest BCUT2D eigenvalue weighted by atomic mass is 10.2. The van der Waals surface area contributed by atoms with Crippen molar-refractivity contribution >= 4 is 5.82 Å². The summed E-state index contributed by atoms with van der Waals surface area (Å²) in [6.45, 7) is 0.760. The molecule has 6 heteroatoms. The number of aryl methyl sites for hydroxylation is 1. The summed E-state index contributed by atoms with van der Waals surface area (Å²) in [5.74, 6) is 1.81. The van der Waals surface area contributed by atoms with Gasteiger partial charge in [-0.3, -0.25) is 4.79 Å². The predicted molar refractivity (Wildman–Crippen MR) is 69.4 cm³/mol. The van der Waals surface area contributed by atoms with Gasteiger partial charge in [0.1, 0.15) is 0 Å². The molecule has 1 aliphatic rings. The second kappa shape index (κ2) is 4.64. The van der Waals surface area contributed by atoms with Crippen molar-refractivity contribution in [1.29, 1.82) is 0 Å². The highest BCUT2D eigenvalue weighted by Gasteiger charge is 2.13. The number of fused-ring (bicyclic) bond motifs is 1. The van der Waals surface area contributed by atoms with E-state index in [1.54, 1.807) is 19.4 Å². The van der Waals surface area contributed by atoms with Crippen molar-refractivity contribution in [3.05, 3.63) is 46.5 Å². The number of nitrogens with zero attached hydrogens (tertiary/aromatic N) is 2. The monoisotopic (exact) mass is 259 g/mol. The van der Waals surface area contributed by atoms with Crippen molar-refractivity contribution in [2.24, 2.45) is 7.05 Å². The first kappa shape index (κ1) is 11.6. The van der Waals surface area contributed by atoms with Crippen LogP contribution in [0.4, 0.5) is 5.82 Å². The molecule has 3 rings (SSSR count). The third-order valence-corrected chi connectivity index (χ3v) is 2.91. The normalized spacial score (nSPS) is 12.5. The highest BCUT2D eigenvalue weighted by atomic mass is 16.7. The second-order valence-corrected chi connectivity index (χ2v) is 4.23. The van der Waals surface area contributed by atoms with E-state index in [4.69, 9.17) is 9.47 Å². The Balaban J connectivity index is 1.76. The zero-order valence-corrected chi connectivity index (χ0v) is 10.4. The van der Waals surface area contributed by atoms with E-state index in [2.05, 4.69) is 10.3 Å². The van der Waals surface area contributed by atoms with Gasteiger partial charge in [0.05, 0.1) is 0 Å². The highest BCUT2D eigenvalue weighted by Crippen LogP contribution is 2.32. The van der Waals surface area contributed by atoms with Crippen LogP contribution in [0.2, 0.25) is 0 Å². The molecular formula is C13H13N3O3. The molecule has 1 N–H and O–H groups in total. The number of ether oxygens (including phenoxy) is 2. The van der Waals surface area contributed by atoms with E-state index >= 15 is 0 Å². The van der Waals surface area contributed by atoms with Crippen LogP contribution >= 0.6 is 0 Å². The van der Waals surface area contributed by atoms with Crippen molar-refractivity contribution < 1.29 is 9.47 Å². The van der Waals surface area contributed by atoms with Crippen LogP contribution in [0.5, 0.6) is 11.5 Å². The van der Waals surface area contributed by atoms with E-state index in [1.807, 2.05) is 18.2 Å². The predicted octanol–water partition coefficient (Wildman–Crippen LogP) is 1.12. The van der Waals surface area contributed by atoms with Gasteiger partial charge in [-0.1, -0.05) is 6.07 Å². The van der Waals surface area contributed by atoms with Crippen molar-refractivity contribution in [1.82, 2.24) is 9.55 Å². The summed E-state index contributed by atoms with van der Waals surface area (Å²) in [5, 5.41) is 3.02. The maximum absolute atomic E-state index is 11.8. The Bertz CT molecular complexity index is 666. The SMILES string of the molecule is Cn1ccnc(NCc2ccc3c(c2)OCO3)c1=O. The first-order chi connectivity index (χ1) is 9.24. The molecule has 98 valence electrons. The Hall–Kier alpha value is -2.50. The van der Waals surface area contributed by atoms with E-state index in [0.29, 0.717) is 12.4 Å². The van der Waals surface area contributed by atoms with Gasteiger partial charge in [0, 0.05) is 26.0 Å². The molecule has 0 saturated heterocycles. The van der Waals surface area contributed by atoms with E-state index in [-0.39, 0.29) is 12.4 Å². The van der Waals surface area contributed by atoms with Gasteiger partial charge < -0.3 is 19.4 Å². The molecule has 0 fully saturated rings. The van der Waals surface area contributed by atoms with Crippen LogP contribution in [0.3, 0.4) is 0 Å². The summed E-state index contributed by atoms with van der Waals surface area (Å²) < 4.78 is 12.0. The Labute approximate surface area is 109 Å². The summed E-state index contributed by atoms with van der Waals surface area (Å²) in [7, 11) is 1.69. The molecule has 0 aliphatic carbocycles. The lowest BCUT2D eigenvalue weighted by Crippen LogP contribution is -2.21. The van der Waals surface area contributed by atoms with Gasteiger partial charge in [-0.2, -0.15) is 0 Å². The van der Waals surface area contributed by atoms with E-state index in [9.17, 15) is 4.79 Å². The highest BCUT2D eigenvalue weighted by molar-refractivity contribution is 5.45. The summed E-state index contributed by atoms with van der Waals surface area (Å²) in [6, 6.07) is 5.67. The molecule has 2 heterocycles. The average molecular weight is 259 g/mol. The molecule has 1 aliphatic heterocycles. The molecule has 0 radical (unpaired) electrons. The van der Waals surface area contributed by atoms with Crippen molar-refractivity contribution in [3.8, 4) is 11.5 Å². The van der Waals surface area contributed by atoms with Crippen LogP contribution in [0.25, 0.3) is 0 Å². The van der Waals surface area contributed by atoms with Crippen LogP contribution in [0.15, 0.2) is 35.4 Å². The van der Waals surface area contributed by atoms with Gasteiger partial charge in [-0.15, -0.1) is 0 Å². The number of rotatable bonds is 3. The van der Waals surface area contributed by atoms with E-state index < -0.39 is 0 Å². The minimum absolute atomic E-state index is 0.150. The quantitative estimate of drug-likeness (QED) is 0.894. The van der Waals surface area contributed by atoms with Crippen LogP contribution in [-0.2, 0) is 13.6 Å². The number of anilines is 1. The van der Waals surface area contributed by atoms with E-state index in [1.165, 1.54) is 4.57 Å². The lowest BCUT2D eigenvalue weighted by Gasteiger charge is -2.06. The second-order valence-electron chi connectivity index (χ2n) is 4.23. The first-order valence-corrected chi connectivity index (χ1v) is 5.88. The van der Waals surface area contributed by atoms with Crippen LogP contribution < -0.4 is 20.3 Å². The van der Waals surface area contributed by atoms with E-state index in [0.717, 1.165) is 17.1 Å². The molecule has 1 aromatic carbocycles. The lowest BCUT2D eigenvalue weighted by molar-refractivity contribution is 0.174. The molecule has 6 nitrogen and oxygen atoms in total. The fourth-order valence-corrected chi connectivity index (χ4v) is 1.86. The summed E-state index contributed by atoms with van der Waals surface area (Å²) in [4.78, 5) is 15.8. The van der Waals surface area contributed by atoms with Crippen LogP contribution in [0.1, 0.15) is 5.56 Å². The van der Waals surface area contributed by atoms with Gasteiger partial charge >= 0.3 is 0 Å². The Kier molecular flexibility index (Phi) is 2.83. The first-order valence-electron chi connectivity index (χ1n) is 5.88. The largest absolute Gasteiger partial charge is 0.454 e. The zero-order chi connectivity index (χ0) is 13.2. The summed E-state index contributed by atoms with van der Waals surface area (Å²) >= 11 is 0. The van der Waals surface area contributed by atoms with Gasteiger partial charge in [0.25, 0.3) is 5.56 Å². The van der Waals surface area contributed by atoms with Crippen molar-refractivity contribution in [3.63, 3.8) is 0 Å². The Morgan fingerprint density at radius 3 is 3.11 bits per heavy atom. The van der Waals surface area contributed by atoms with Crippen LogP contribution in [-0.4, -0.2) is 16.3 Å². The van der Waals surface area contributed by atoms with Gasteiger partial charge in [-0.05, 0) is 17.7 Å². The maximum atomic E-state index is 11.8. The average Bonchev–Trinajstić information content (AvgIpc) is 2.88. The van der Waals surface area contributed by atoms with Gasteiger partial charge in [-0.25, -0.2) is 4.98 Å². The third kappa shape index (κ3) is 2.24. The summed E-state index contributed by atoms with van der Waals surface area (Å²) in [6.07, 6.45) is 3.21. The minimum Gasteiger partial charge on any atom is -0.454 e. The number of aromatic nitrogens is 2. The zero-order valence-electron chi connectivity index (χ0n) is 10.4. The molecule has 0 spiro atoms. The minimum atomic E-state index is -0.150. The Morgan fingerprint density at radius 1 is 1.37 bits per heavy atom. The molecule has 0 bridgehead atoms. The molecule has 0 unspecified atom stereocenters. The fraction of sp³-hybridized carbons (Fsp3) is 0.231. The smallest absolute Gasteiger partial charge is 0.293 e. The molecule has 1 aromatic heterocycles. The number of nitrogens with one attached hydrogen (secondary N) is 1. The fourth-order valence-electron chi connectivity index (χ4n) is 1.86. The number of hydrogen-bond acceptors (Lipinski definition) is 5. The third-order valence-electron chi connectivity index (χ3n) is 2.91. The maximum Gasteiger partial charge on any atom is 0.293 e. The van der Waals surface area contributed by atoms with Crippen molar-refractivity contribution in [2.75, 3.05) is 12.1 Å². The molecule has 0 atom stereocenters.